The van der Waals surface area contributed by atoms with E-state index in [1.54, 1.807) is 0 Å². The highest BCUT2D eigenvalue weighted by atomic mass is 16.5. The van der Waals surface area contributed by atoms with Gasteiger partial charge in [0.2, 0.25) is 0 Å². The summed E-state index contributed by atoms with van der Waals surface area (Å²) < 4.78 is 7.97. The molecule has 0 aliphatic carbocycles. The molecule has 4 nitrogen and oxygen atoms in total. The first kappa shape index (κ1) is 12.4. The predicted octanol–water partition coefficient (Wildman–Crippen LogP) is 1.78. The van der Waals surface area contributed by atoms with E-state index in [2.05, 4.69) is 28.8 Å². The third kappa shape index (κ3) is 2.55. The van der Waals surface area contributed by atoms with Crippen LogP contribution in [0.3, 0.4) is 0 Å². The Balaban J connectivity index is 1.85. The Kier molecular flexibility index (Phi) is 3.36. The molecule has 0 radical (unpaired) electrons. The number of carbonyl (C=O) groups is 1. The monoisotopic (exact) mass is 258 g/mol. The van der Waals surface area contributed by atoms with Crippen molar-refractivity contribution in [2.75, 3.05) is 26.7 Å². The third-order valence-corrected chi connectivity index (χ3v) is 3.68. The summed E-state index contributed by atoms with van der Waals surface area (Å²) in [5.41, 5.74) is 1.82. The van der Waals surface area contributed by atoms with Crippen molar-refractivity contribution in [1.29, 1.82) is 0 Å². The van der Waals surface area contributed by atoms with Gasteiger partial charge in [0.15, 0.2) is 0 Å². The van der Waals surface area contributed by atoms with Crippen LogP contribution in [0.2, 0.25) is 0 Å². The number of morpholine rings is 1. The maximum absolute atomic E-state index is 10.9. The minimum atomic E-state index is 0.217. The first-order valence-electron chi connectivity index (χ1n) is 6.60. The number of ether oxygens (including phenoxy) is 1. The van der Waals surface area contributed by atoms with Crippen LogP contribution in [0, 0.1) is 0 Å². The molecule has 1 aromatic heterocycles. The molecule has 1 atom stereocenters. The Labute approximate surface area is 112 Å². The molecular formula is C15H18N2O2. The number of fused-ring (bicyclic) bond motifs is 1. The summed E-state index contributed by atoms with van der Waals surface area (Å²) in [6.45, 7) is 3.57. The van der Waals surface area contributed by atoms with Crippen LogP contribution in [0.5, 0.6) is 0 Å². The Morgan fingerprint density at radius 2 is 2.32 bits per heavy atom. The largest absolute Gasteiger partial charge is 0.374 e. The fourth-order valence-corrected chi connectivity index (χ4v) is 2.63. The van der Waals surface area contributed by atoms with Crippen molar-refractivity contribution in [3.05, 3.63) is 36.0 Å². The molecule has 2 aromatic rings. The lowest BCUT2D eigenvalue weighted by molar-refractivity contribution is -0.0269. The van der Waals surface area contributed by atoms with Crippen molar-refractivity contribution in [3.8, 4) is 0 Å². The molecule has 4 heteroatoms. The van der Waals surface area contributed by atoms with Crippen molar-refractivity contribution >= 4 is 17.2 Å². The molecule has 1 saturated heterocycles. The van der Waals surface area contributed by atoms with Crippen LogP contribution in [0.15, 0.2) is 30.5 Å². The Hall–Kier alpha value is -1.65. The molecule has 19 heavy (non-hydrogen) atoms. The summed E-state index contributed by atoms with van der Waals surface area (Å²) in [5.74, 6) is 0. The zero-order valence-electron chi connectivity index (χ0n) is 11.1. The van der Waals surface area contributed by atoms with Crippen LogP contribution >= 0.6 is 0 Å². The second-order valence-electron chi connectivity index (χ2n) is 5.16. The summed E-state index contributed by atoms with van der Waals surface area (Å²) in [7, 11) is 2.12. The lowest BCUT2D eigenvalue weighted by Gasteiger charge is -2.30. The summed E-state index contributed by atoms with van der Waals surface area (Å²) in [6, 6.07) is 7.86. The van der Waals surface area contributed by atoms with Crippen LogP contribution in [0.25, 0.3) is 10.9 Å². The molecule has 100 valence electrons. The van der Waals surface area contributed by atoms with Gasteiger partial charge in [-0.2, -0.15) is 0 Å². The van der Waals surface area contributed by atoms with Gasteiger partial charge in [-0.15, -0.1) is 0 Å². The van der Waals surface area contributed by atoms with Crippen molar-refractivity contribution in [2.45, 2.75) is 12.6 Å². The molecule has 3 rings (SSSR count). The highest BCUT2D eigenvalue weighted by Gasteiger charge is 2.18. The smallest absolute Gasteiger partial charge is 0.150 e. The summed E-state index contributed by atoms with van der Waals surface area (Å²) in [6.07, 6.45) is 3.17. The van der Waals surface area contributed by atoms with E-state index in [4.69, 9.17) is 4.74 Å². The average molecular weight is 258 g/mol. The number of nitrogens with zero attached hydrogens (tertiary/aromatic N) is 2. The van der Waals surface area contributed by atoms with E-state index in [-0.39, 0.29) is 6.10 Å². The Morgan fingerprint density at radius 1 is 1.42 bits per heavy atom. The lowest BCUT2D eigenvalue weighted by Crippen LogP contribution is -2.41. The molecule has 0 bridgehead atoms. The molecule has 2 heterocycles. The topological polar surface area (TPSA) is 34.5 Å². The van der Waals surface area contributed by atoms with Crippen LogP contribution in [-0.4, -0.2) is 48.6 Å². The van der Waals surface area contributed by atoms with Crippen LogP contribution in [0.1, 0.15) is 10.4 Å². The average Bonchev–Trinajstić information content (AvgIpc) is 2.81. The number of likely N-dealkylation sites (N-methyl/N-ethyl adjacent to an activating group) is 1. The number of benzene rings is 1. The molecule has 0 saturated carbocycles. The zero-order valence-corrected chi connectivity index (χ0v) is 11.1. The molecule has 1 aromatic carbocycles. The van der Waals surface area contributed by atoms with Crippen LogP contribution in [0.4, 0.5) is 0 Å². The highest BCUT2D eigenvalue weighted by Crippen LogP contribution is 2.18. The first-order chi connectivity index (χ1) is 9.26. The fraction of sp³-hybridized carbons (Fsp3) is 0.400. The summed E-state index contributed by atoms with van der Waals surface area (Å²) in [5, 5.41) is 1.16. The molecule has 1 aliphatic rings. The van der Waals surface area contributed by atoms with Crippen molar-refractivity contribution < 1.29 is 9.53 Å². The van der Waals surface area contributed by atoms with Gasteiger partial charge in [-0.05, 0) is 24.6 Å². The second-order valence-corrected chi connectivity index (χ2v) is 5.16. The molecular weight excluding hydrogens is 240 g/mol. The van der Waals surface area contributed by atoms with Crippen LogP contribution < -0.4 is 0 Å². The molecule has 0 spiro atoms. The van der Waals surface area contributed by atoms with Gasteiger partial charge >= 0.3 is 0 Å². The Morgan fingerprint density at radius 3 is 3.11 bits per heavy atom. The number of aldehydes is 1. The molecule has 0 N–H and O–H groups in total. The van der Waals surface area contributed by atoms with Crippen molar-refractivity contribution in [1.82, 2.24) is 9.47 Å². The highest BCUT2D eigenvalue weighted by molar-refractivity contribution is 5.87. The van der Waals surface area contributed by atoms with E-state index in [1.807, 2.05) is 18.2 Å². The predicted molar refractivity (Wildman–Crippen MR) is 74.6 cm³/mol. The van der Waals surface area contributed by atoms with Crippen molar-refractivity contribution in [2.24, 2.45) is 0 Å². The normalized spacial score (nSPS) is 20.8. The summed E-state index contributed by atoms with van der Waals surface area (Å²) in [4.78, 5) is 13.2. The molecule has 1 fully saturated rings. The minimum Gasteiger partial charge on any atom is -0.374 e. The van der Waals surface area contributed by atoms with E-state index in [0.29, 0.717) is 5.56 Å². The number of carbonyl (C=O) groups excluding carboxylic acids is 1. The molecule has 1 unspecified atom stereocenters. The fourth-order valence-electron chi connectivity index (χ4n) is 2.63. The van der Waals surface area contributed by atoms with Gasteiger partial charge in [0.1, 0.15) is 6.29 Å². The first-order valence-corrected chi connectivity index (χ1v) is 6.60. The van der Waals surface area contributed by atoms with E-state index in [1.165, 1.54) is 0 Å². The number of hydrogen-bond donors (Lipinski definition) is 0. The van der Waals surface area contributed by atoms with Gasteiger partial charge in [-0.25, -0.2) is 0 Å². The second kappa shape index (κ2) is 5.15. The quantitative estimate of drug-likeness (QED) is 0.787. The standard InChI is InChI=1S/C15H18N2O2/c1-16-6-7-19-14(9-16)10-17-5-4-13-3-2-12(11-18)8-15(13)17/h2-5,8,11,14H,6-7,9-10H2,1H3. The van der Waals surface area contributed by atoms with Gasteiger partial charge in [0, 0.05) is 30.4 Å². The zero-order chi connectivity index (χ0) is 13.2. The maximum atomic E-state index is 10.9. The van der Waals surface area contributed by atoms with E-state index < -0.39 is 0 Å². The van der Waals surface area contributed by atoms with Crippen LogP contribution in [-0.2, 0) is 11.3 Å². The molecule has 0 amide bonds. The van der Waals surface area contributed by atoms with Gasteiger partial charge in [0.25, 0.3) is 0 Å². The third-order valence-electron chi connectivity index (χ3n) is 3.68. The van der Waals surface area contributed by atoms with Crippen molar-refractivity contribution in [3.63, 3.8) is 0 Å². The van der Waals surface area contributed by atoms with E-state index >= 15 is 0 Å². The molecule has 1 aliphatic heterocycles. The van der Waals surface area contributed by atoms with Gasteiger partial charge in [-0.1, -0.05) is 12.1 Å². The van der Waals surface area contributed by atoms with Gasteiger partial charge in [0.05, 0.1) is 19.3 Å². The number of rotatable bonds is 3. The van der Waals surface area contributed by atoms with E-state index in [9.17, 15) is 4.79 Å². The summed E-state index contributed by atoms with van der Waals surface area (Å²) >= 11 is 0. The maximum Gasteiger partial charge on any atom is 0.150 e. The lowest BCUT2D eigenvalue weighted by atomic mass is 10.2. The van der Waals surface area contributed by atoms with Gasteiger partial charge < -0.3 is 14.2 Å². The minimum absolute atomic E-state index is 0.217. The number of aromatic nitrogens is 1. The SMILES string of the molecule is CN1CCOC(Cn2ccc3ccc(C=O)cc32)C1. The van der Waals surface area contributed by atoms with Gasteiger partial charge in [-0.3, -0.25) is 4.79 Å². The number of hydrogen-bond acceptors (Lipinski definition) is 3. The van der Waals surface area contributed by atoms with E-state index in [0.717, 1.165) is 43.4 Å². The Bertz CT molecular complexity index is 591.